The Kier molecular flexibility index (Phi) is 5.13. The van der Waals surface area contributed by atoms with Crippen molar-refractivity contribution in [1.82, 2.24) is 0 Å². The highest BCUT2D eigenvalue weighted by Gasteiger charge is 2.51. The minimum absolute atomic E-state index is 0.183. The van der Waals surface area contributed by atoms with E-state index in [1.54, 1.807) is 0 Å². The lowest BCUT2D eigenvalue weighted by Crippen LogP contribution is -2.40. The SMILES string of the molecule is CC(C)(C)P(=N[Si](C)(C)Cl)(C(C)(C)C)C(C)(C)C. The highest BCUT2D eigenvalue weighted by atomic mass is 35.6. The lowest BCUT2D eigenvalue weighted by atomic mass is 10.2. The summed E-state index contributed by atoms with van der Waals surface area (Å²) in [4.78, 5) is 0. The van der Waals surface area contributed by atoms with E-state index in [4.69, 9.17) is 15.5 Å². The van der Waals surface area contributed by atoms with E-state index in [1.165, 1.54) is 0 Å². The number of nitrogens with zero attached hydrogens (tertiary/aromatic N) is 1. The maximum absolute atomic E-state index is 6.64. The molecule has 0 aromatic heterocycles. The molecule has 0 radical (unpaired) electrons. The quantitative estimate of drug-likeness (QED) is 0.297. The van der Waals surface area contributed by atoms with E-state index in [2.05, 4.69) is 75.4 Å². The summed E-state index contributed by atoms with van der Waals surface area (Å²) >= 11 is 6.64. The summed E-state index contributed by atoms with van der Waals surface area (Å²) in [6, 6.07) is 0. The molecule has 0 aliphatic carbocycles. The van der Waals surface area contributed by atoms with Crippen molar-refractivity contribution in [3.63, 3.8) is 0 Å². The van der Waals surface area contributed by atoms with Crippen LogP contribution in [0.25, 0.3) is 0 Å². The Morgan fingerprint density at radius 3 is 1.00 bits per heavy atom. The molecule has 18 heavy (non-hydrogen) atoms. The van der Waals surface area contributed by atoms with E-state index < -0.39 is 14.6 Å². The highest BCUT2D eigenvalue weighted by molar-refractivity contribution is 7.72. The van der Waals surface area contributed by atoms with E-state index in [-0.39, 0.29) is 15.5 Å². The van der Waals surface area contributed by atoms with Gasteiger partial charge in [0.05, 0.1) is 0 Å². The summed E-state index contributed by atoms with van der Waals surface area (Å²) in [6.45, 7) is 25.4. The fraction of sp³-hybridized carbons (Fsp3) is 1.00. The molecular weight excluding hydrogens is 277 g/mol. The van der Waals surface area contributed by atoms with Crippen molar-refractivity contribution in [2.45, 2.75) is 90.9 Å². The van der Waals surface area contributed by atoms with Crippen LogP contribution >= 0.6 is 18.1 Å². The first-order chi connectivity index (χ1) is 7.46. The van der Waals surface area contributed by atoms with E-state index in [0.29, 0.717) is 0 Å². The third kappa shape index (κ3) is 3.64. The number of halogens is 1. The molecule has 0 unspecified atom stereocenters. The van der Waals surface area contributed by atoms with Crippen LogP contribution in [0, 0.1) is 0 Å². The van der Waals surface area contributed by atoms with Crippen LogP contribution in [0.3, 0.4) is 0 Å². The Labute approximate surface area is 121 Å². The predicted octanol–water partition coefficient (Wildman–Crippen LogP) is 6.52. The van der Waals surface area contributed by atoms with Gasteiger partial charge in [0.2, 0.25) is 0 Å². The lowest BCUT2D eigenvalue weighted by molar-refractivity contribution is 0.630. The van der Waals surface area contributed by atoms with Gasteiger partial charge in [-0.1, -0.05) is 62.3 Å². The summed E-state index contributed by atoms with van der Waals surface area (Å²) in [5.74, 6) is 0. The second-order valence-electron chi connectivity index (χ2n) is 8.66. The summed E-state index contributed by atoms with van der Waals surface area (Å²) in [5.41, 5.74) is 0. The normalized spacial score (nSPS) is 15.8. The second kappa shape index (κ2) is 4.93. The first-order valence-corrected chi connectivity index (χ1v) is 12.5. The molecule has 0 aromatic rings. The molecule has 0 heterocycles. The molecule has 0 N–H and O–H groups in total. The fourth-order valence-electron chi connectivity index (χ4n) is 3.83. The maximum Gasteiger partial charge on any atom is 0.267 e. The van der Waals surface area contributed by atoms with Gasteiger partial charge >= 0.3 is 0 Å². The average Bonchev–Trinajstić information content (AvgIpc) is 1.90. The minimum Gasteiger partial charge on any atom is -0.318 e. The van der Waals surface area contributed by atoms with Crippen LogP contribution in [-0.2, 0) is 0 Å². The van der Waals surface area contributed by atoms with Crippen LogP contribution in [-0.4, -0.2) is 23.0 Å². The third-order valence-corrected chi connectivity index (χ3v) is 12.9. The molecule has 4 heteroatoms. The lowest BCUT2D eigenvalue weighted by Gasteiger charge is -2.55. The van der Waals surface area contributed by atoms with Gasteiger partial charge in [0.1, 0.15) is 0 Å². The van der Waals surface area contributed by atoms with Gasteiger partial charge < -0.3 is 4.41 Å². The molecule has 1 nitrogen and oxygen atoms in total. The molecule has 0 saturated heterocycles. The first-order valence-electron chi connectivity index (χ1n) is 6.78. The molecule has 0 aliphatic rings. The Balaban J connectivity index is 6.59. The van der Waals surface area contributed by atoms with Crippen molar-refractivity contribution >= 4 is 25.7 Å². The summed E-state index contributed by atoms with van der Waals surface area (Å²) in [6.07, 6.45) is 0. The second-order valence-corrected chi connectivity index (χ2v) is 20.3. The minimum atomic E-state index is -1.98. The van der Waals surface area contributed by atoms with Gasteiger partial charge in [-0.2, -0.15) is 0 Å². The molecule has 0 amide bonds. The first kappa shape index (κ1) is 18.7. The van der Waals surface area contributed by atoms with Gasteiger partial charge in [0.25, 0.3) is 7.55 Å². The zero-order valence-corrected chi connectivity index (χ0v) is 16.9. The Hall–Kier alpha value is 0.737. The molecule has 0 aliphatic heterocycles. The Morgan fingerprint density at radius 2 is 0.944 bits per heavy atom. The van der Waals surface area contributed by atoms with Gasteiger partial charge in [-0.25, -0.2) is 0 Å². The van der Waals surface area contributed by atoms with Crippen molar-refractivity contribution in [1.29, 1.82) is 0 Å². The Bertz CT molecular complexity index is 305. The molecule has 0 atom stereocenters. The van der Waals surface area contributed by atoms with Crippen molar-refractivity contribution in [2.24, 2.45) is 4.41 Å². The average molecular weight is 310 g/mol. The third-order valence-electron chi connectivity index (χ3n) is 3.30. The molecule has 0 fully saturated rings. The Morgan fingerprint density at radius 1 is 0.722 bits per heavy atom. The van der Waals surface area contributed by atoms with E-state index in [1.807, 2.05) is 0 Å². The van der Waals surface area contributed by atoms with E-state index >= 15 is 0 Å². The summed E-state index contributed by atoms with van der Waals surface area (Å²) in [5, 5.41) is 0.550. The van der Waals surface area contributed by atoms with Crippen LogP contribution in [0.4, 0.5) is 0 Å². The highest BCUT2D eigenvalue weighted by Crippen LogP contribution is 2.77. The van der Waals surface area contributed by atoms with Crippen molar-refractivity contribution < 1.29 is 0 Å². The van der Waals surface area contributed by atoms with Gasteiger partial charge in [0.15, 0.2) is 0 Å². The van der Waals surface area contributed by atoms with Gasteiger partial charge in [-0.05, 0) is 35.6 Å². The molecular formula is C14H33ClNPSi. The van der Waals surface area contributed by atoms with Crippen LogP contribution in [0.5, 0.6) is 0 Å². The molecule has 0 spiro atoms. The van der Waals surface area contributed by atoms with Crippen LogP contribution in [0.2, 0.25) is 13.1 Å². The van der Waals surface area contributed by atoms with Crippen LogP contribution in [0.1, 0.15) is 62.3 Å². The smallest absolute Gasteiger partial charge is 0.267 e. The molecule has 0 rings (SSSR count). The summed E-state index contributed by atoms with van der Waals surface area (Å²) < 4.78 is 5.37. The number of hydrogen-bond acceptors (Lipinski definition) is 1. The van der Waals surface area contributed by atoms with Crippen LogP contribution in [0.15, 0.2) is 4.41 Å². The van der Waals surface area contributed by atoms with E-state index in [0.717, 1.165) is 0 Å². The molecule has 0 aromatic carbocycles. The fourth-order valence-corrected chi connectivity index (χ4v) is 17.3. The van der Waals surface area contributed by atoms with E-state index in [9.17, 15) is 0 Å². The van der Waals surface area contributed by atoms with Crippen molar-refractivity contribution in [3.8, 4) is 0 Å². The standard InChI is InChI=1S/C14H33ClNPSi/c1-12(2,3)17(13(4,5)6,14(7,8)9)16-18(10,11)15/h1-11H3. The number of hydrogen-bond donors (Lipinski definition) is 0. The van der Waals surface area contributed by atoms with Gasteiger partial charge in [0, 0.05) is 0 Å². The maximum atomic E-state index is 6.64. The van der Waals surface area contributed by atoms with Crippen molar-refractivity contribution in [3.05, 3.63) is 0 Å². The van der Waals surface area contributed by atoms with Gasteiger partial charge in [-0.15, -0.1) is 11.1 Å². The monoisotopic (exact) mass is 309 g/mol. The van der Waals surface area contributed by atoms with Crippen molar-refractivity contribution in [2.75, 3.05) is 0 Å². The molecule has 110 valence electrons. The van der Waals surface area contributed by atoms with Crippen LogP contribution < -0.4 is 0 Å². The predicted molar refractivity (Wildman–Crippen MR) is 91.9 cm³/mol. The largest absolute Gasteiger partial charge is 0.318 e. The number of rotatable bonds is 1. The summed E-state index contributed by atoms with van der Waals surface area (Å²) in [7, 11) is -3.59. The zero-order chi connectivity index (χ0) is 15.2. The zero-order valence-electron chi connectivity index (χ0n) is 14.3. The topological polar surface area (TPSA) is 12.4 Å². The molecule has 0 bridgehead atoms. The van der Waals surface area contributed by atoms with Gasteiger partial charge in [-0.3, -0.25) is 0 Å². The molecule has 0 saturated carbocycles.